The number of ether oxygens (including phenoxy) is 2. The smallest absolute Gasteiger partial charge is 0.303 e. The predicted octanol–water partition coefficient (Wildman–Crippen LogP) is 4.34. The number of thiocarbonyl (C=S) groups is 1. The summed E-state index contributed by atoms with van der Waals surface area (Å²) >= 11 is 6.51. The van der Waals surface area contributed by atoms with Gasteiger partial charge in [0, 0.05) is 18.5 Å². The fraction of sp³-hybridized carbons (Fsp3) is 0.227. The maximum Gasteiger partial charge on any atom is 0.303 e. The summed E-state index contributed by atoms with van der Waals surface area (Å²) in [5, 5.41) is 8.78. The number of rotatable bonds is 9. The van der Waals surface area contributed by atoms with Crippen molar-refractivity contribution in [1.29, 1.82) is 0 Å². The Morgan fingerprint density at radius 1 is 1.23 bits per heavy atom. The van der Waals surface area contributed by atoms with Gasteiger partial charge in [-0.2, -0.15) is 0 Å². The molecule has 1 amide bonds. The Labute approximate surface area is 184 Å². The standard InChI is InChI=1S/C22H21NO5S2/c1-27-18-10-9-15(12-16(18)14-28-17-6-3-2-4-7-17)13-19-21(26)23(22(29)30-19)11-5-8-20(24)25/h2-4,6-7,9-10,12-13H,5,8,11,14H2,1H3,(H,24,25). The molecule has 0 radical (unpaired) electrons. The van der Waals surface area contributed by atoms with E-state index in [9.17, 15) is 9.59 Å². The molecule has 0 bridgehead atoms. The Hall–Kier alpha value is -2.84. The highest BCUT2D eigenvalue weighted by molar-refractivity contribution is 8.26. The first-order chi connectivity index (χ1) is 14.5. The average Bonchev–Trinajstić information content (AvgIpc) is 3.00. The van der Waals surface area contributed by atoms with Crippen molar-refractivity contribution in [3.63, 3.8) is 0 Å². The summed E-state index contributed by atoms with van der Waals surface area (Å²) in [5.74, 6) is 0.365. The van der Waals surface area contributed by atoms with Crippen LogP contribution in [0.4, 0.5) is 0 Å². The van der Waals surface area contributed by atoms with Gasteiger partial charge in [-0.3, -0.25) is 14.5 Å². The van der Waals surface area contributed by atoms with Crippen LogP contribution in [0, 0.1) is 0 Å². The Morgan fingerprint density at radius 3 is 2.70 bits per heavy atom. The van der Waals surface area contributed by atoms with Gasteiger partial charge in [-0.15, -0.1) is 0 Å². The molecule has 6 nitrogen and oxygen atoms in total. The number of aliphatic carboxylic acids is 1. The summed E-state index contributed by atoms with van der Waals surface area (Å²) in [5.41, 5.74) is 1.68. The maximum atomic E-state index is 12.7. The van der Waals surface area contributed by atoms with Crippen LogP contribution in [0.15, 0.2) is 53.4 Å². The fourth-order valence-corrected chi connectivity index (χ4v) is 4.22. The first kappa shape index (κ1) is 21.9. The number of para-hydroxylation sites is 1. The van der Waals surface area contributed by atoms with Crippen LogP contribution in [0.1, 0.15) is 24.0 Å². The third-order valence-electron chi connectivity index (χ3n) is 4.39. The van der Waals surface area contributed by atoms with Crippen molar-refractivity contribution in [2.24, 2.45) is 0 Å². The van der Waals surface area contributed by atoms with Crippen molar-refractivity contribution in [3.8, 4) is 11.5 Å². The fourth-order valence-electron chi connectivity index (χ4n) is 2.91. The molecule has 30 heavy (non-hydrogen) atoms. The zero-order valence-corrected chi connectivity index (χ0v) is 18.0. The van der Waals surface area contributed by atoms with Crippen molar-refractivity contribution in [1.82, 2.24) is 4.90 Å². The summed E-state index contributed by atoms with van der Waals surface area (Å²) in [6.07, 6.45) is 2.14. The van der Waals surface area contributed by atoms with Crippen molar-refractivity contribution in [3.05, 3.63) is 64.6 Å². The van der Waals surface area contributed by atoms with E-state index in [-0.39, 0.29) is 12.3 Å². The van der Waals surface area contributed by atoms with Gasteiger partial charge in [-0.1, -0.05) is 48.2 Å². The lowest BCUT2D eigenvalue weighted by atomic mass is 10.1. The Morgan fingerprint density at radius 2 is 2.00 bits per heavy atom. The number of carboxylic acids is 1. The van der Waals surface area contributed by atoms with Gasteiger partial charge in [0.25, 0.3) is 5.91 Å². The van der Waals surface area contributed by atoms with Gasteiger partial charge in [0.2, 0.25) is 0 Å². The highest BCUT2D eigenvalue weighted by Crippen LogP contribution is 2.33. The molecule has 2 aromatic carbocycles. The Balaban J connectivity index is 1.73. The van der Waals surface area contributed by atoms with E-state index in [0.717, 1.165) is 16.9 Å². The molecular weight excluding hydrogens is 422 g/mol. The summed E-state index contributed by atoms with van der Waals surface area (Å²) in [4.78, 5) is 25.3. The SMILES string of the molecule is COc1ccc(C=C2SC(=S)N(CCCC(=O)O)C2=O)cc1COc1ccccc1. The maximum absolute atomic E-state index is 12.7. The van der Waals surface area contributed by atoms with Gasteiger partial charge < -0.3 is 14.6 Å². The average molecular weight is 444 g/mol. The lowest BCUT2D eigenvalue weighted by Crippen LogP contribution is -2.29. The van der Waals surface area contributed by atoms with Crippen molar-refractivity contribution in [2.45, 2.75) is 19.4 Å². The van der Waals surface area contributed by atoms with E-state index < -0.39 is 5.97 Å². The molecule has 1 fully saturated rings. The van der Waals surface area contributed by atoms with Crippen LogP contribution in [-0.4, -0.2) is 39.9 Å². The first-order valence-electron chi connectivity index (χ1n) is 9.30. The normalized spacial score (nSPS) is 15.0. The molecule has 0 atom stereocenters. The van der Waals surface area contributed by atoms with Crippen molar-refractivity contribution < 1.29 is 24.2 Å². The summed E-state index contributed by atoms with van der Waals surface area (Å²) in [6, 6.07) is 15.1. The first-order valence-corrected chi connectivity index (χ1v) is 10.5. The molecule has 3 rings (SSSR count). The monoisotopic (exact) mass is 443 g/mol. The minimum absolute atomic E-state index is 0.000633. The molecule has 2 aromatic rings. The number of carboxylic acid groups (broad SMARTS) is 1. The number of hydrogen-bond acceptors (Lipinski definition) is 6. The van der Waals surface area contributed by atoms with Gasteiger partial charge in [0.1, 0.15) is 22.4 Å². The number of methoxy groups -OCH3 is 1. The summed E-state index contributed by atoms with van der Waals surface area (Å²) in [7, 11) is 1.60. The van der Waals surface area contributed by atoms with E-state index in [0.29, 0.717) is 34.5 Å². The van der Waals surface area contributed by atoms with E-state index in [1.165, 1.54) is 16.7 Å². The molecule has 0 spiro atoms. The van der Waals surface area contributed by atoms with Gasteiger partial charge >= 0.3 is 5.97 Å². The van der Waals surface area contributed by atoms with Gasteiger partial charge in [0.15, 0.2) is 0 Å². The molecule has 0 aliphatic carbocycles. The van der Waals surface area contributed by atoms with Gasteiger partial charge in [0.05, 0.1) is 12.0 Å². The minimum Gasteiger partial charge on any atom is -0.496 e. The number of benzene rings is 2. The largest absolute Gasteiger partial charge is 0.496 e. The van der Waals surface area contributed by atoms with Crippen LogP contribution in [-0.2, 0) is 16.2 Å². The predicted molar refractivity (Wildman–Crippen MR) is 121 cm³/mol. The second-order valence-corrected chi connectivity index (χ2v) is 8.18. The number of nitrogens with zero attached hydrogens (tertiary/aromatic N) is 1. The van der Waals surface area contributed by atoms with Crippen LogP contribution < -0.4 is 9.47 Å². The number of thioether (sulfide) groups is 1. The number of hydrogen-bond donors (Lipinski definition) is 1. The molecule has 1 heterocycles. The van der Waals surface area contributed by atoms with Crippen LogP contribution >= 0.6 is 24.0 Å². The van der Waals surface area contributed by atoms with Gasteiger partial charge in [-0.25, -0.2) is 0 Å². The van der Waals surface area contributed by atoms with Crippen molar-refractivity contribution >= 4 is 46.3 Å². The molecule has 1 aliphatic heterocycles. The zero-order valence-electron chi connectivity index (χ0n) is 16.4. The second-order valence-electron chi connectivity index (χ2n) is 6.50. The molecule has 1 aliphatic rings. The van der Waals surface area contributed by atoms with Gasteiger partial charge in [-0.05, 0) is 42.3 Å². The summed E-state index contributed by atoms with van der Waals surface area (Å²) in [6.45, 7) is 0.623. The van der Waals surface area contributed by atoms with E-state index in [1.54, 1.807) is 13.2 Å². The Kier molecular flexibility index (Phi) is 7.48. The molecular formula is C22H21NO5S2. The molecule has 156 valence electrons. The van der Waals surface area contributed by atoms with E-state index in [4.69, 9.17) is 26.8 Å². The molecule has 1 N–H and O–H groups in total. The number of carbonyl (C=O) groups is 2. The molecule has 0 aromatic heterocycles. The van der Waals surface area contributed by atoms with Crippen LogP contribution in [0.5, 0.6) is 11.5 Å². The van der Waals surface area contributed by atoms with E-state index in [1.807, 2.05) is 48.5 Å². The zero-order chi connectivity index (χ0) is 21.5. The molecule has 0 unspecified atom stereocenters. The van der Waals surface area contributed by atoms with Crippen LogP contribution in [0.25, 0.3) is 6.08 Å². The quantitative estimate of drug-likeness (QED) is 0.456. The topological polar surface area (TPSA) is 76.1 Å². The molecule has 1 saturated heterocycles. The van der Waals surface area contributed by atoms with Crippen LogP contribution in [0.2, 0.25) is 0 Å². The van der Waals surface area contributed by atoms with Crippen molar-refractivity contribution in [2.75, 3.05) is 13.7 Å². The number of carbonyl (C=O) groups excluding carboxylic acids is 1. The Bertz CT molecular complexity index is 975. The molecule has 0 saturated carbocycles. The third kappa shape index (κ3) is 5.61. The second kappa shape index (κ2) is 10.3. The van der Waals surface area contributed by atoms with Crippen LogP contribution in [0.3, 0.4) is 0 Å². The molecule has 8 heteroatoms. The number of amides is 1. The highest BCUT2D eigenvalue weighted by Gasteiger charge is 2.31. The highest BCUT2D eigenvalue weighted by atomic mass is 32.2. The lowest BCUT2D eigenvalue weighted by Gasteiger charge is -2.13. The van der Waals surface area contributed by atoms with E-state index >= 15 is 0 Å². The summed E-state index contributed by atoms with van der Waals surface area (Å²) < 4.78 is 11.7. The minimum atomic E-state index is -0.889. The van der Waals surface area contributed by atoms with E-state index in [2.05, 4.69) is 0 Å². The lowest BCUT2D eigenvalue weighted by molar-refractivity contribution is -0.137. The third-order valence-corrected chi connectivity index (χ3v) is 5.76.